The summed E-state index contributed by atoms with van der Waals surface area (Å²) in [5.41, 5.74) is 0. The Kier molecular flexibility index (Phi) is 9.14. The zero-order valence-electron chi connectivity index (χ0n) is 18.7. The lowest BCUT2D eigenvalue weighted by Gasteiger charge is -2.44. The first-order chi connectivity index (χ1) is 17.2. The van der Waals surface area contributed by atoms with Crippen molar-refractivity contribution in [3.8, 4) is 0 Å². The van der Waals surface area contributed by atoms with Crippen molar-refractivity contribution in [2.75, 3.05) is 13.2 Å². The quantitative estimate of drug-likeness (QED) is 0.188. The average Bonchev–Trinajstić information content (AvgIpc) is 2.75. The van der Waals surface area contributed by atoms with Crippen LogP contribution in [0.5, 0.6) is 0 Å². The lowest BCUT2D eigenvalue weighted by atomic mass is 9.86. The second-order valence-corrected chi connectivity index (χ2v) is 8.52. The highest BCUT2D eigenvalue weighted by molar-refractivity contribution is 5.16. The van der Waals surface area contributed by atoms with Crippen LogP contribution in [0.4, 0.5) is 92.2 Å². The number of hydrogen-bond acceptors (Lipinski definition) is 2. The van der Waals surface area contributed by atoms with Gasteiger partial charge in [-0.25, -0.2) is 0 Å². The van der Waals surface area contributed by atoms with E-state index in [4.69, 9.17) is 0 Å². The van der Waals surface area contributed by atoms with Gasteiger partial charge >= 0.3 is 59.7 Å². The molecule has 0 aliphatic carbocycles. The summed E-state index contributed by atoms with van der Waals surface area (Å²) in [6.45, 7) is -0.976. The molecular formula is C17H13F21O2. The molecule has 1 aliphatic heterocycles. The molecule has 0 saturated carbocycles. The molecule has 2 unspecified atom stereocenters. The molecule has 2 nitrogen and oxygen atoms in total. The molecule has 0 amide bonds. The van der Waals surface area contributed by atoms with Gasteiger partial charge < -0.3 is 9.47 Å². The molecular weight excluding hydrogens is 635 g/mol. The van der Waals surface area contributed by atoms with E-state index in [0.29, 0.717) is 0 Å². The van der Waals surface area contributed by atoms with E-state index < -0.39 is 91.1 Å². The van der Waals surface area contributed by atoms with E-state index in [-0.39, 0.29) is 6.61 Å². The Morgan fingerprint density at radius 2 is 0.875 bits per heavy atom. The maximum Gasteiger partial charge on any atom is 0.426 e. The lowest BCUT2D eigenvalue weighted by molar-refractivity contribution is -0.479. The number of halogens is 21. The van der Waals surface area contributed by atoms with E-state index in [1.54, 1.807) is 0 Å². The largest absolute Gasteiger partial charge is 0.426 e. The molecule has 240 valence electrons. The Balaban J connectivity index is 3.52. The average molecular weight is 648 g/mol. The van der Waals surface area contributed by atoms with E-state index >= 15 is 0 Å². The van der Waals surface area contributed by atoms with Crippen LogP contribution in [0.15, 0.2) is 0 Å². The molecule has 0 aromatic carbocycles. The molecule has 0 spiro atoms. The minimum absolute atomic E-state index is 0.264. The van der Waals surface area contributed by atoms with Gasteiger partial charge in [0.15, 0.2) is 0 Å². The summed E-state index contributed by atoms with van der Waals surface area (Å²) in [5.74, 6) is -68.4. The van der Waals surface area contributed by atoms with Crippen LogP contribution in [0.3, 0.4) is 0 Å². The molecule has 2 atom stereocenters. The highest BCUT2D eigenvalue weighted by Crippen LogP contribution is 2.65. The third-order valence-electron chi connectivity index (χ3n) is 5.55. The van der Waals surface area contributed by atoms with E-state index in [2.05, 4.69) is 9.47 Å². The minimum Gasteiger partial charge on any atom is -0.375 e. The lowest BCUT2D eigenvalue weighted by Crippen LogP contribution is -2.76. The summed E-state index contributed by atoms with van der Waals surface area (Å²) in [6.07, 6.45) is -21.3. The molecule has 0 N–H and O–H groups in total. The first-order valence-electron chi connectivity index (χ1n) is 9.92. The van der Waals surface area contributed by atoms with Gasteiger partial charge in [0.05, 0.1) is 19.3 Å². The van der Waals surface area contributed by atoms with Gasteiger partial charge in [0.25, 0.3) is 0 Å². The summed E-state index contributed by atoms with van der Waals surface area (Å²) in [6, 6.07) is 0. The van der Waals surface area contributed by atoms with E-state index in [1.807, 2.05) is 0 Å². The number of ether oxygens (including phenoxy) is 2. The Labute approximate surface area is 207 Å². The van der Waals surface area contributed by atoms with E-state index in [0.717, 1.165) is 6.92 Å². The van der Waals surface area contributed by atoms with Gasteiger partial charge in [-0.3, -0.25) is 0 Å². The summed E-state index contributed by atoms with van der Waals surface area (Å²) in [5, 5.41) is 0. The maximum absolute atomic E-state index is 13.8. The first kappa shape index (κ1) is 36.5. The molecule has 0 aromatic rings. The minimum atomic E-state index is -9.01. The van der Waals surface area contributed by atoms with Gasteiger partial charge in [-0.2, -0.15) is 92.2 Å². The summed E-state index contributed by atoms with van der Waals surface area (Å²) in [7, 11) is 0. The van der Waals surface area contributed by atoms with Gasteiger partial charge in [-0.05, 0) is 0 Å². The molecule has 1 saturated heterocycles. The van der Waals surface area contributed by atoms with Crippen molar-refractivity contribution in [1.82, 2.24) is 0 Å². The van der Waals surface area contributed by atoms with Crippen LogP contribution in [0.2, 0.25) is 0 Å². The van der Waals surface area contributed by atoms with Crippen LogP contribution in [-0.4, -0.2) is 79.0 Å². The Hall–Kier alpha value is -1.55. The van der Waals surface area contributed by atoms with Crippen LogP contribution in [0.1, 0.15) is 19.8 Å². The van der Waals surface area contributed by atoms with Gasteiger partial charge in [0, 0.05) is 18.8 Å². The van der Waals surface area contributed by atoms with Crippen LogP contribution in [0, 0.1) is 5.92 Å². The second kappa shape index (κ2) is 10.0. The molecule has 23 heteroatoms. The van der Waals surface area contributed by atoms with Gasteiger partial charge in [-0.15, -0.1) is 0 Å². The second-order valence-electron chi connectivity index (χ2n) is 8.52. The van der Waals surface area contributed by atoms with Crippen LogP contribution in [-0.2, 0) is 9.47 Å². The number of alkyl halides is 21. The van der Waals surface area contributed by atoms with E-state index in [9.17, 15) is 92.2 Å². The molecule has 1 heterocycles. The summed E-state index contributed by atoms with van der Waals surface area (Å²) >= 11 is 0. The standard InChI is InChI=1S/C17H13F21O2/c1-6-4-39-7(6)5-40-17(37,38)16(35,36)15(33,34)14(31,32)13(29,30)12(27,28)11(25,26)10(23,24)8(18,19)2-3-9(20,21)22/h6-7H,2-5H2,1H3. The predicted octanol–water partition coefficient (Wildman–Crippen LogP) is 8.06. The summed E-state index contributed by atoms with van der Waals surface area (Å²) in [4.78, 5) is 0. The Morgan fingerprint density at radius 3 is 1.18 bits per heavy atom. The maximum atomic E-state index is 13.8. The fourth-order valence-corrected chi connectivity index (χ4v) is 2.77. The molecule has 0 bridgehead atoms. The van der Waals surface area contributed by atoms with Crippen LogP contribution < -0.4 is 0 Å². The molecule has 0 radical (unpaired) electrons. The molecule has 0 aromatic heterocycles. The zero-order valence-corrected chi connectivity index (χ0v) is 18.7. The van der Waals surface area contributed by atoms with Crippen LogP contribution >= 0.6 is 0 Å². The highest BCUT2D eigenvalue weighted by Gasteiger charge is 2.96. The summed E-state index contributed by atoms with van der Waals surface area (Å²) < 4.78 is 289. The Morgan fingerprint density at radius 1 is 0.525 bits per heavy atom. The van der Waals surface area contributed by atoms with Gasteiger partial charge in [0.1, 0.15) is 0 Å². The molecule has 1 aliphatic rings. The number of rotatable bonds is 13. The van der Waals surface area contributed by atoms with E-state index in [1.165, 1.54) is 0 Å². The fraction of sp³-hybridized carbons (Fsp3) is 1.00. The predicted molar refractivity (Wildman–Crippen MR) is 84.7 cm³/mol. The van der Waals surface area contributed by atoms with Gasteiger partial charge in [-0.1, -0.05) is 6.92 Å². The topological polar surface area (TPSA) is 18.5 Å². The number of hydrogen-bond donors (Lipinski definition) is 0. The fourth-order valence-electron chi connectivity index (χ4n) is 2.77. The molecule has 1 fully saturated rings. The zero-order chi connectivity index (χ0) is 32.4. The van der Waals surface area contributed by atoms with Gasteiger partial charge in [0.2, 0.25) is 0 Å². The highest BCUT2D eigenvalue weighted by atomic mass is 19.4. The van der Waals surface area contributed by atoms with Crippen molar-refractivity contribution in [3.63, 3.8) is 0 Å². The smallest absolute Gasteiger partial charge is 0.375 e. The van der Waals surface area contributed by atoms with Crippen molar-refractivity contribution in [3.05, 3.63) is 0 Å². The third-order valence-corrected chi connectivity index (χ3v) is 5.55. The van der Waals surface area contributed by atoms with Crippen molar-refractivity contribution < 1.29 is 102 Å². The third kappa shape index (κ3) is 5.36. The normalized spacial score (nSPS) is 21.4. The molecule has 40 heavy (non-hydrogen) atoms. The van der Waals surface area contributed by atoms with Crippen molar-refractivity contribution >= 4 is 0 Å². The SMILES string of the molecule is CC1COC1COC(F)(F)C(F)(F)C(F)(F)C(F)(F)C(F)(F)C(F)(F)C(F)(F)C(F)(F)C(F)(F)CCC(F)(F)F. The monoisotopic (exact) mass is 648 g/mol. The van der Waals surface area contributed by atoms with Crippen LogP contribution in [0.25, 0.3) is 0 Å². The van der Waals surface area contributed by atoms with Crippen molar-refractivity contribution in [2.24, 2.45) is 5.92 Å². The molecule has 1 rings (SSSR count). The van der Waals surface area contributed by atoms with Crippen molar-refractivity contribution in [2.45, 2.75) is 85.5 Å². The first-order valence-corrected chi connectivity index (χ1v) is 9.92. The Bertz CT molecular complexity index is 892. The van der Waals surface area contributed by atoms with Crippen molar-refractivity contribution in [1.29, 1.82) is 0 Å².